The van der Waals surface area contributed by atoms with E-state index in [-0.39, 0.29) is 12.1 Å². The highest BCUT2D eigenvalue weighted by Crippen LogP contribution is 2.26. The van der Waals surface area contributed by atoms with Gasteiger partial charge in [0.05, 0.1) is 6.10 Å². The first-order valence-corrected chi connectivity index (χ1v) is 8.16. The molecule has 122 valence electrons. The Hall–Kier alpha value is -0.810. The topological polar surface area (TPSA) is 59.6 Å². The van der Waals surface area contributed by atoms with Crippen LogP contribution in [-0.4, -0.2) is 43.0 Å². The maximum Gasteiger partial charge on any atom is 0.407 e. The van der Waals surface area contributed by atoms with Crippen LogP contribution in [0.3, 0.4) is 0 Å². The summed E-state index contributed by atoms with van der Waals surface area (Å²) >= 11 is 0. The van der Waals surface area contributed by atoms with Crippen LogP contribution in [0.5, 0.6) is 0 Å². The Balaban J connectivity index is 1.72. The van der Waals surface area contributed by atoms with Crippen molar-refractivity contribution in [3.8, 4) is 0 Å². The molecule has 1 amide bonds. The maximum absolute atomic E-state index is 11.8. The smallest absolute Gasteiger partial charge is 0.407 e. The van der Waals surface area contributed by atoms with Crippen LogP contribution in [0.1, 0.15) is 59.3 Å². The van der Waals surface area contributed by atoms with Gasteiger partial charge in [-0.25, -0.2) is 4.79 Å². The highest BCUT2D eigenvalue weighted by molar-refractivity contribution is 5.68. The van der Waals surface area contributed by atoms with Crippen LogP contribution in [0.15, 0.2) is 0 Å². The number of hydrogen-bond donors (Lipinski definition) is 2. The molecule has 4 unspecified atom stereocenters. The van der Waals surface area contributed by atoms with Gasteiger partial charge < -0.3 is 20.1 Å². The molecule has 5 nitrogen and oxygen atoms in total. The standard InChI is InChI=1S/C16H30N2O3/c1-16(2,3)21-15(19)18-12-9-8-11(10-12)17-13-6-5-7-14(13)20-4/h11-14,17H,5-10H2,1-4H3,(H,18,19). The van der Waals surface area contributed by atoms with Crippen LogP contribution in [0, 0.1) is 0 Å². The molecule has 0 radical (unpaired) electrons. The van der Waals surface area contributed by atoms with E-state index in [2.05, 4.69) is 10.6 Å². The van der Waals surface area contributed by atoms with Crippen LogP contribution in [0.2, 0.25) is 0 Å². The number of alkyl carbamates (subject to hydrolysis) is 1. The highest BCUT2D eigenvalue weighted by Gasteiger charge is 2.33. The molecule has 0 aromatic carbocycles. The lowest BCUT2D eigenvalue weighted by molar-refractivity contribution is 0.0504. The van der Waals surface area contributed by atoms with Crippen molar-refractivity contribution in [2.75, 3.05) is 7.11 Å². The number of carbonyl (C=O) groups excluding carboxylic acids is 1. The van der Waals surface area contributed by atoms with Gasteiger partial charge in [0, 0.05) is 25.2 Å². The van der Waals surface area contributed by atoms with E-state index >= 15 is 0 Å². The first-order valence-electron chi connectivity index (χ1n) is 8.16. The lowest BCUT2D eigenvalue weighted by Crippen LogP contribution is -2.43. The first kappa shape index (κ1) is 16.6. The van der Waals surface area contributed by atoms with Gasteiger partial charge in [-0.3, -0.25) is 0 Å². The number of hydrogen-bond acceptors (Lipinski definition) is 4. The van der Waals surface area contributed by atoms with E-state index in [1.165, 1.54) is 12.8 Å². The van der Waals surface area contributed by atoms with Gasteiger partial charge in [0.1, 0.15) is 5.60 Å². The Morgan fingerprint density at radius 3 is 2.48 bits per heavy atom. The molecule has 0 aromatic rings. The van der Waals surface area contributed by atoms with Gasteiger partial charge in [-0.2, -0.15) is 0 Å². The monoisotopic (exact) mass is 298 g/mol. The molecule has 21 heavy (non-hydrogen) atoms. The van der Waals surface area contributed by atoms with Crippen molar-refractivity contribution in [1.29, 1.82) is 0 Å². The van der Waals surface area contributed by atoms with E-state index < -0.39 is 5.60 Å². The molecule has 0 spiro atoms. The predicted octanol–water partition coefficient (Wildman–Crippen LogP) is 2.59. The Bertz CT molecular complexity index is 354. The van der Waals surface area contributed by atoms with Gasteiger partial charge in [-0.15, -0.1) is 0 Å². The Kier molecular flexibility index (Phi) is 5.49. The number of methoxy groups -OCH3 is 1. The summed E-state index contributed by atoms with van der Waals surface area (Å²) in [6.07, 6.45) is 6.73. The van der Waals surface area contributed by atoms with Crippen molar-refractivity contribution in [1.82, 2.24) is 10.6 Å². The summed E-state index contributed by atoms with van der Waals surface area (Å²) in [7, 11) is 1.80. The zero-order valence-electron chi connectivity index (χ0n) is 13.8. The third-order valence-corrected chi connectivity index (χ3v) is 4.36. The van der Waals surface area contributed by atoms with Crippen LogP contribution < -0.4 is 10.6 Å². The summed E-state index contributed by atoms with van der Waals surface area (Å²) < 4.78 is 10.8. The molecule has 0 saturated heterocycles. The normalized spacial score (nSPS) is 33.1. The molecule has 5 heteroatoms. The van der Waals surface area contributed by atoms with Crippen LogP contribution in [0.25, 0.3) is 0 Å². The molecule has 0 aliphatic heterocycles. The fraction of sp³-hybridized carbons (Fsp3) is 0.938. The minimum Gasteiger partial charge on any atom is -0.444 e. The molecule has 0 heterocycles. The number of carbonyl (C=O) groups is 1. The Labute approximate surface area is 128 Å². The molecule has 4 atom stereocenters. The molecule has 2 fully saturated rings. The number of ether oxygens (including phenoxy) is 2. The molecular weight excluding hydrogens is 268 g/mol. The Morgan fingerprint density at radius 2 is 1.81 bits per heavy atom. The van der Waals surface area contributed by atoms with Gasteiger partial charge in [-0.05, 0) is 59.3 Å². The quantitative estimate of drug-likeness (QED) is 0.837. The zero-order chi connectivity index (χ0) is 15.5. The second-order valence-electron chi connectivity index (χ2n) is 7.33. The summed E-state index contributed by atoms with van der Waals surface area (Å²) in [5.74, 6) is 0. The molecule has 2 aliphatic carbocycles. The van der Waals surface area contributed by atoms with E-state index in [0.717, 1.165) is 25.7 Å². The summed E-state index contributed by atoms with van der Waals surface area (Å²) in [6.45, 7) is 5.66. The van der Waals surface area contributed by atoms with Gasteiger partial charge in [0.2, 0.25) is 0 Å². The third kappa shape index (κ3) is 5.15. The SMILES string of the molecule is COC1CCCC1NC1CCC(NC(=O)OC(C)(C)C)C1. The minimum atomic E-state index is -0.435. The average Bonchev–Trinajstić information content (AvgIpc) is 2.96. The molecular formula is C16H30N2O3. The summed E-state index contributed by atoms with van der Waals surface area (Å²) in [5, 5.41) is 6.70. The first-order chi connectivity index (χ1) is 9.87. The second kappa shape index (κ2) is 6.97. The van der Waals surface area contributed by atoms with E-state index in [9.17, 15) is 4.79 Å². The van der Waals surface area contributed by atoms with Crippen molar-refractivity contribution in [2.24, 2.45) is 0 Å². The Morgan fingerprint density at radius 1 is 1.10 bits per heavy atom. The van der Waals surface area contributed by atoms with Crippen LogP contribution in [0.4, 0.5) is 4.79 Å². The number of amides is 1. The van der Waals surface area contributed by atoms with E-state index in [4.69, 9.17) is 9.47 Å². The molecule has 0 bridgehead atoms. The number of nitrogens with one attached hydrogen (secondary N) is 2. The van der Waals surface area contributed by atoms with Gasteiger partial charge in [-0.1, -0.05) is 0 Å². The molecule has 2 saturated carbocycles. The van der Waals surface area contributed by atoms with Crippen LogP contribution in [-0.2, 0) is 9.47 Å². The minimum absolute atomic E-state index is 0.222. The van der Waals surface area contributed by atoms with Crippen molar-refractivity contribution < 1.29 is 14.3 Å². The number of rotatable bonds is 4. The summed E-state index contributed by atoms with van der Waals surface area (Å²) in [6, 6.07) is 1.17. The summed E-state index contributed by atoms with van der Waals surface area (Å²) in [4.78, 5) is 11.8. The maximum atomic E-state index is 11.8. The van der Waals surface area contributed by atoms with Crippen molar-refractivity contribution in [3.63, 3.8) is 0 Å². The van der Waals surface area contributed by atoms with Gasteiger partial charge >= 0.3 is 6.09 Å². The van der Waals surface area contributed by atoms with E-state index in [1.807, 2.05) is 20.8 Å². The van der Waals surface area contributed by atoms with Gasteiger partial charge in [0.25, 0.3) is 0 Å². The highest BCUT2D eigenvalue weighted by atomic mass is 16.6. The largest absolute Gasteiger partial charge is 0.444 e. The fourth-order valence-corrected chi connectivity index (χ4v) is 3.44. The van der Waals surface area contributed by atoms with Crippen molar-refractivity contribution in [3.05, 3.63) is 0 Å². The fourth-order valence-electron chi connectivity index (χ4n) is 3.44. The second-order valence-corrected chi connectivity index (χ2v) is 7.33. The summed E-state index contributed by atoms with van der Waals surface area (Å²) in [5.41, 5.74) is -0.435. The zero-order valence-corrected chi connectivity index (χ0v) is 13.8. The van der Waals surface area contributed by atoms with Gasteiger partial charge in [0.15, 0.2) is 0 Å². The third-order valence-electron chi connectivity index (χ3n) is 4.36. The molecule has 0 aromatic heterocycles. The lowest BCUT2D eigenvalue weighted by atomic mass is 10.1. The van der Waals surface area contributed by atoms with E-state index in [0.29, 0.717) is 18.2 Å². The molecule has 2 aliphatic rings. The average molecular weight is 298 g/mol. The van der Waals surface area contributed by atoms with Crippen molar-refractivity contribution in [2.45, 2.75) is 89.1 Å². The van der Waals surface area contributed by atoms with Crippen LogP contribution >= 0.6 is 0 Å². The predicted molar refractivity (Wildman–Crippen MR) is 82.4 cm³/mol. The van der Waals surface area contributed by atoms with E-state index in [1.54, 1.807) is 7.11 Å². The van der Waals surface area contributed by atoms with Crippen molar-refractivity contribution >= 4 is 6.09 Å². The molecule has 2 rings (SSSR count). The lowest BCUT2D eigenvalue weighted by Gasteiger charge is -2.24. The molecule has 2 N–H and O–H groups in total.